The van der Waals surface area contributed by atoms with Gasteiger partial charge in [0.2, 0.25) is 5.91 Å². The molecule has 1 aliphatic rings. The van der Waals surface area contributed by atoms with Gasteiger partial charge in [-0.2, -0.15) is 0 Å². The number of benzene rings is 2. The SMILES string of the molecule is CC(=O)N1CCN(c2ccc(NC(=S)NC(=O)c3ccc(OCC(C)C)cc3)cc2Cl)CC1. The first-order valence-electron chi connectivity index (χ1n) is 10.9. The Kier molecular flexibility index (Phi) is 8.52. The van der Waals surface area contributed by atoms with Crippen LogP contribution >= 0.6 is 23.8 Å². The molecule has 1 heterocycles. The maximum atomic E-state index is 12.5. The van der Waals surface area contributed by atoms with Gasteiger partial charge in [-0.25, -0.2) is 0 Å². The van der Waals surface area contributed by atoms with Gasteiger partial charge in [0, 0.05) is 44.4 Å². The lowest BCUT2D eigenvalue weighted by Crippen LogP contribution is -2.48. The summed E-state index contributed by atoms with van der Waals surface area (Å²) in [5.74, 6) is 0.926. The molecule has 1 fully saturated rings. The number of hydrogen-bond acceptors (Lipinski definition) is 5. The average Bonchev–Trinajstić information content (AvgIpc) is 2.78. The summed E-state index contributed by atoms with van der Waals surface area (Å²) in [6, 6.07) is 12.5. The molecule has 0 bridgehead atoms. The number of hydrogen-bond donors (Lipinski definition) is 2. The van der Waals surface area contributed by atoms with Crippen molar-refractivity contribution in [2.24, 2.45) is 5.92 Å². The van der Waals surface area contributed by atoms with Crippen molar-refractivity contribution in [3.8, 4) is 5.75 Å². The minimum Gasteiger partial charge on any atom is -0.493 e. The highest BCUT2D eigenvalue weighted by atomic mass is 35.5. The largest absolute Gasteiger partial charge is 0.493 e. The highest BCUT2D eigenvalue weighted by molar-refractivity contribution is 7.80. The van der Waals surface area contributed by atoms with Crippen LogP contribution in [-0.2, 0) is 4.79 Å². The van der Waals surface area contributed by atoms with Crippen molar-refractivity contribution in [1.82, 2.24) is 10.2 Å². The Morgan fingerprint density at radius 1 is 1.09 bits per heavy atom. The van der Waals surface area contributed by atoms with Gasteiger partial charge in [0.15, 0.2) is 5.11 Å². The lowest BCUT2D eigenvalue weighted by atomic mass is 10.2. The van der Waals surface area contributed by atoms with Crippen molar-refractivity contribution in [2.45, 2.75) is 20.8 Å². The van der Waals surface area contributed by atoms with Gasteiger partial charge >= 0.3 is 0 Å². The molecule has 2 amide bonds. The van der Waals surface area contributed by atoms with Crippen LogP contribution in [0, 0.1) is 5.92 Å². The molecule has 2 N–H and O–H groups in total. The third-order valence-corrected chi connectivity index (χ3v) is 5.70. The first-order valence-corrected chi connectivity index (χ1v) is 11.7. The number of rotatable bonds is 6. The molecule has 0 atom stereocenters. The number of carbonyl (C=O) groups is 2. The monoisotopic (exact) mass is 488 g/mol. The van der Waals surface area contributed by atoms with E-state index < -0.39 is 0 Å². The molecule has 1 saturated heterocycles. The van der Waals surface area contributed by atoms with Crippen LogP contribution in [0.3, 0.4) is 0 Å². The van der Waals surface area contributed by atoms with Gasteiger partial charge in [0.1, 0.15) is 5.75 Å². The third-order valence-electron chi connectivity index (χ3n) is 5.20. The molecular formula is C24H29ClN4O3S. The summed E-state index contributed by atoms with van der Waals surface area (Å²) >= 11 is 11.8. The normalized spacial score (nSPS) is 13.6. The summed E-state index contributed by atoms with van der Waals surface area (Å²) in [7, 11) is 0. The highest BCUT2D eigenvalue weighted by Crippen LogP contribution is 2.29. The lowest BCUT2D eigenvalue weighted by Gasteiger charge is -2.36. The maximum absolute atomic E-state index is 12.5. The lowest BCUT2D eigenvalue weighted by molar-refractivity contribution is -0.129. The Balaban J connectivity index is 1.53. The van der Waals surface area contributed by atoms with E-state index >= 15 is 0 Å². The predicted octanol–water partition coefficient (Wildman–Crippen LogP) is 4.17. The molecule has 3 rings (SSSR count). The smallest absolute Gasteiger partial charge is 0.257 e. The second kappa shape index (κ2) is 11.3. The average molecular weight is 489 g/mol. The van der Waals surface area contributed by atoms with Crippen molar-refractivity contribution in [3.63, 3.8) is 0 Å². The highest BCUT2D eigenvalue weighted by Gasteiger charge is 2.20. The molecule has 7 nitrogen and oxygen atoms in total. The van der Waals surface area contributed by atoms with Crippen LogP contribution in [0.4, 0.5) is 11.4 Å². The molecule has 176 valence electrons. The summed E-state index contributed by atoms with van der Waals surface area (Å²) in [5, 5.41) is 6.43. The molecule has 0 spiro atoms. The molecule has 1 aliphatic heterocycles. The van der Waals surface area contributed by atoms with E-state index in [4.69, 9.17) is 28.6 Å². The summed E-state index contributed by atoms with van der Waals surface area (Å²) in [4.78, 5) is 28.0. The molecule has 0 unspecified atom stereocenters. The molecule has 0 aromatic heterocycles. The summed E-state index contributed by atoms with van der Waals surface area (Å²) in [5.41, 5.74) is 2.06. The maximum Gasteiger partial charge on any atom is 0.257 e. The van der Waals surface area contributed by atoms with Crippen molar-refractivity contribution >= 4 is 52.1 Å². The van der Waals surface area contributed by atoms with Crippen LogP contribution in [0.15, 0.2) is 42.5 Å². The zero-order valence-corrected chi connectivity index (χ0v) is 20.6. The van der Waals surface area contributed by atoms with Gasteiger partial charge in [0.05, 0.1) is 17.3 Å². The second-order valence-electron chi connectivity index (χ2n) is 8.30. The molecule has 0 radical (unpaired) electrons. The topological polar surface area (TPSA) is 73.9 Å². The van der Waals surface area contributed by atoms with Gasteiger partial charge in [-0.05, 0) is 60.6 Å². The quantitative estimate of drug-likeness (QED) is 0.594. The standard InChI is InChI=1S/C24H29ClN4O3S/c1-16(2)15-32-20-7-4-18(5-8-20)23(31)27-24(33)26-19-6-9-22(21(25)14-19)29-12-10-28(11-13-29)17(3)30/h4-9,14,16H,10-13,15H2,1-3H3,(H2,26,27,31,33). The fraction of sp³-hybridized carbons (Fsp3) is 0.375. The van der Waals surface area contributed by atoms with E-state index in [-0.39, 0.29) is 16.9 Å². The van der Waals surface area contributed by atoms with Crippen molar-refractivity contribution in [3.05, 3.63) is 53.1 Å². The number of carbonyl (C=O) groups excluding carboxylic acids is 2. The van der Waals surface area contributed by atoms with E-state index in [2.05, 4.69) is 29.4 Å². The van der Waals surface area contributed by atoms with E-state index in [9.17, 15) is 9.59 Å². The summed E-state index contributed by atoms with van der Waals surface area (Å²) in [6.07, 6.45) is 0. The molecule has 0 saturated carbocycles. The fourth-order valence-corrected chi connectivity index (χ4v) is 3.92. The predicted molar refractivity (Wildman–Crippen MR) is 136 cm³/mol. The first-order chi connectivity index (χ1) is 15.7. The summed E-state index contributed by atoms with van der Waals surface area (Å²) in [6.45, 7) is 9.15. The van der Waals surface area contributed by atoms with E-state index in [1.54, 1.807) is 37.3 Å². The van der Waals surface area contributed by atoms with Gasteiger partial charge in [-0.3, -0.25) is 14.9 Å². The number of thiocarbonyl (C=S) groups is 1. The van der Waals surface area contributed by atoms with E-state index in [1.165, 1.54) is 0 Å². The zero-order chi connectivity index (χ0) is 24.0. The molecule has 2 aromatic rings. The van der Waals surface area contributed by atoms with Crippen LogP contribution in [0.25, 0.3) is 0 Å². The molecule has 0 aliphatic carbocycles. The van der Waals surface area contributed by atoms with Crippen LogP contribution in [0.2, 0.25) is 5.02 Å². The fourth-order valence-electron chi connectivity index (χ4n) is 3.41. The Bertz CT molecular complexity index is 1010. The second-order valence-corrected chi connectivity index (χ2v) is 9.11. The summed E-state index contributed by atoms with van der Waals surface area (Å²) < 4.78 is 5.64. The van der Waals surface area contributed by atoms with Crippen molar-refractivity contribution < 1.29 is 14.3 Å². The van der Waals surface area contributed by atoms with Gasteiger partial charge in [-0.1, -0.05) is 25.4 Å². The number of nitrogens with zero attached hydrogens (tertiary/aromatic N) is 2. The third kappa shape index (κ3) is 7.07. The molecular weight excluding hydrogens is 460 g/mol. The Hall–Kier alpha value is -2.84. The Labute approximate surface area is 205 Å². The van der Waals surface area contributed by atoms with Gasteiger partial charge in [-0.15, -0.1) is 0 Å². The van der Waals surface area contributed by atoms with Crippen LogP contribution < -0.4 is 20.3 Å². The van der Waals surface area contributed by atoms with E-state index in [0.29, 0.717) is 41.9 Å². The van der Waals surface area contributed by atoms with E-state index in [0.717, 1.165) is 24.5 Å². The Morgan fingerprint density at radius 2 is 1.76 bits per heavy atom. The van der Waals surface area contributed by atoms with Gasteiger partial charge < -0.3 is 19.9 Å². The minimum atomic E-state index is -0.311. The minimum absolute atomic E-state index is 0.0891. The number of anilines is 2. The number of nitrogens with one attached hydrogen (secondary N) is 2. The number of piperazine rings is 1. The van der Waals surface area contributed by atoms with Crippen LogP contribution in [-0.4, -0.2) is 54.6 Å². The van der Waals surface area contributed by atoms with Crippen molar-refractivity contribution in [1.29, 1.82) is 0 Å². The first kappa shape index (κ1) is 24.8. The van der Waals surface area contributed by atoms with E-state index in [1.807, 2.05) is 17.0 Å². The van der Waals surface area contributed by atoms with Crippen LogP contribution in [0.5, 0.6) is 5.75 Å². The number of amides is 2. The van der Waals surface area contributed by atoms with Gasteiger partial charge in [0.25, 0.3) is 5.91 Å². The number of halogens is 1. The van der Waals surface area contributed by atoms with Crippen LogP contribution in [0.1, 0.15) is 31.1 Å². The molecule has 33 heavy (non-hydrogen) atoms. The number of ether oxygens (including phenoxy) is 1. The van der Waals surface area contributed by atoms with Crippen molar-refractivity contribution in [2.75, 3.05) is 43.0 Å². The molecule has 2 aromatic carbocycles. The molecule has 9 heteroatoms. The Morgan fingerprint density at radius 3 is 2.33 bits per heavy atom. The zero-order valence-electron chi connectivity index (χ0n) is 19.1.